The molecule has 0 amide bonds. The molecule has 0 radical (unpaired) electrons. The number of rotatable bonds is 8. The molecule has 108 valence electrons. The van der Waals surface area contributed by atoms with E-state index in [1.807, 2.05) is 0 Å². The fraction of sp³-hybridized carbons (Fsp3) is 0.643. The number of aryl methyl sites for hydroxylation is 1. The molecule has 0 N–H and O–H groups in total. The molecule has 1 aromatic heterocycles. The van der Waals surface area contributed by atoms with Crippen LogP contribution in [0.1, 0.15) is 19.4 Å². The summed E-state index contributed by atoms with van der Waals surface area (Å²) >= 11 is 0. The van der Waals surface area contributed by atoms with Gasteiger partial charge in [0.1, 0.15) is 0 Å². The first kappa shape index (κ1) is 16.3. The molecule has 1 rings (SSSR count). The van der Waals surface area contributed by atoms with Crippen LogP contribution in [0.4, 0.5) is 0 Å². The van der Waals surface area contributed by atoms with E-state index in [-0.39, 0.29) is 0 Å². The highest BCUT2D eigenvalue weighted by Crippen LogP contribution is 2.12. The Labute approximate surface area is 117 Å². The second kappa shape index (κ2) is 7.74. The third-order valence-corrected chi connectivity index (χ3v) is 5.92. The molecule has 1 aromatic rings. The molecule has 0 fully saturated rings. The quantitative estimate of drug-likeness (QED) is 0.541. The summed E-state index contributed by atoms with van der Waals surface area (Å²) in [6, 6.07) is 5.12. The second-order valence-corrected chi connectivity index (χ2v) is 8.18. The highest BCUT2D eigenvalue weighted by Gasteiger charge is 2.38. The van der Waals surface area contributed by atoms with E-state index in [0.717, 1.165) is 19.0 Å². The van der Waals surface area contributed by atoms with Crippen molar-refractivity contribution in [2.24, 2.45) is 5.92 Å². The SMILES string of the molecule is CO[Si](CC[n+]1ccc(CC(C)C)cc1)(OC)OC. The van der Waals surface area contributed by atoms with Gasteiger partial charge < -0.3 is 13.3 Å². The minimum Gasteiger partial charge on any atom is -0.377 e. The fourth-order valence-electron chi connectivity index (χ4n) is 2.07. The zero-order valence-electron chi connectivity index (χ0n) is 12.7. The van der Waals surface area contributed by atoms with Gasteiger partial charge in [-0.3, -0.25) is 0 Å². The number of hydrogen-bond acceptors (Lipinski definition) is 3. The van der Waals surface area contributed by atoms with E-state index in [1.165, 1.54) is 5.56 Å². The Morgan fingerprint density at radius 1 is 1.05 bits per heavy atom. The van der Waals surface area contributed by atoms with E-state index in [2.05, 4.69) is 42.9 Å². The Hall–Kier alpha value is -0.753. The van der Waals surface area contributed by atoms with Crippen LogP contribution in [0.2, 0.25) is 6.04 Å². The smallest absolute Gasteiger partial charge is 0.377 e. The lowest BCUT2D eigenvalue weighted by Gasteiger charge is -2.22. The van der Waals surface area contributed by atoms with Gasteiger partial charge in [-0.2, -0.15) is 0 Å². The molecule has 0 saturated carbocycles. The average Bonchev–Trinajstić information content (AvgIpc) is 2.42. The van der Waals surface area contributed by atoms with Crippen molar-refractivity contribution in [2.75, 3.05) is 21.3 Å². The van der Waals surface area contributed by atoms with Gasteiger partial charge >= 0.3 is 8.80 Å². The summed E-state index contributed by atoms with van der Waals surface area (Å²) in [5.41, 5.74) is 1.37. The van der Waals surface area contributed by atoms with E-state index >= 15 is 0 Å². The fourth-order valence-corrected chi connectivity index (χ4v) is 3.71. The van der Waals surface area contributed by atoms with Gasteiger partial charge in [-0.25, -0.2) is 4.57 Å². The lowest BCUT2D eigenvalue weighted by molar-refractivity contribution is -0.694. The molecule has 0 aromatic carbocycles. The van der Waals surface area contributed by atoms with Gasteiger partial charge in [0, 0.05) is 33.5 Å². The van der Waals surface area contributed by atoms with Crippen LogP contribution in [0, 0.1) is 5.92 Å². The summed E-state index contributed by atoms with van der Waals surface area (Å²) in [6.45, 7) is 5.30. The third-order valence-electron chi connectivity index (χ3n) is 3.21. The van der Waals surface area contributed by atoms with Crippen LogP contribution in [-0.2, 0) is 26.2 Å². The molecule has 4 nitrogen and oxygen atoms in total. The molecule has 0 aliphatic carbocycles. The van der Waals surface area contributed by atoms with E-state index in [1.54, 1.807) is 21.3 Å². The minimum atomic E-state index is -2.46. The monoisotopic (exact) mass is 284 g/mol. The third kappa shape index (κ3) is 5.02. The minimum absolute atomic E-state index is 0.686. The lowest BCUT2D eigenvalue weighted by Crippen LogP contribution is -2.47. The van der Waals surface area contributed by atoms with Crippen LogP contribution in [0.15, 0.2) is 24.5 Å². The van der Waals surface area contributed by atoms with Crippen molar-refractivity contribution in [3.05, 3.63) is 30.1 Å². The van der Waals surface area contributed by atoms with Crippen LogP contribution in [0.3, 0.4) is 0 Å². The van der Waals surface area contributed by atoms with E-state index in [9.17, 15) is 0 Å². The maximum Gasteiger partial charge on any atom is 0.506 e. The lowest BCUT2D eigenvalue weighted by atomic mass is 10.0. The Kier molecular flexibility index (Phi) is 6.64. The predicted octanol–water partition coefficient (Wildman–Crippen LogP) is 2.05. The molecule has 0 spiro atoms. The number of nitrogens with zero attached hydrogens (tertiary/aromatic N) is 1. The zero-order valence-corrected chi connectivity index (χ0v) is 13.7. The number of aromatic nitrogens is 1. The normalized spacial score (nSPS) is 12.1. The average molecular weight is 284 g/mol. The first-order valence-corrected chi connectivity index (χ1v) is 8.62. The Morgan fingerprint density at radius 2 is 1.58 bits per heavy atom. The molecule has 5 heteroatoms. The van der Waals surface area contributed by atoms with Gasteiger partial charge in [0.2, 0.25) is 0 Å². The van der Waals surface area contributed by atoms with Gasteiger partial charge in [0.25, 0.3) is 0 Å². The van der Waals surface area contributed by atoms with Crippen molar-refractivity contribution in [3.63, 3.8) is 0 Å². The Morgan fingerprint density at radius 3 is 2.00 bits per heavy atom. The van der Waals surface area contributed by atoms with Gasteiger partial charge in [-0.1, -0.05) is 13.8 Å². The van der Waals surface area contributed by atoms with Crippen LogP contribution in [0.5, 0.6) is 0 Å². The number of pyridine rings is 1. The maximum atomic E-state index is 5.42. The molecular formula is C14H26NO3Si+. The van der Waals surface area contributed by atoms with Gasteiger partial charge in [0.05, 0.1) is 6.04 Å². The largest absolute Gasteiger partial charge is 0.506 e. The van der Waals surface area contributed by atoms with Gasteiger partial charge in [-0.05, 0) is 17.9 Å². The first-order chi connectivity index (χ1) is 9.05. The Bertz CT molecular complexity index is 355. The molecule has 0 bridgehead atoms. The summed E-state index contributed by atoms with van der Waals surface area (Å²) in [5, 5.41) is 0. The van der Waals surface area contributed by atoms with Crippen molar-refractivity contribution in [1.82, 2.24) is 0 Å². The summed E-state index contributed by atoms with van der Waals surface area (Å²) in [7, 11) is 2.48. The van der Waals surface area contributed by atoms with Crippen molar-refractivity contribution in [3.8, 4) is 0 Å². The highest BCUT2D eigenvalue weighted by atomic mass is 28.4. The van der Waals surface area contributed by atoms with Crippen LogP contribution in [0.25, 0.3) is 0 Å². The van der Waals surface area contributed by atoms with Crippen molar-refractivity contribution in [1.29, 1.82) is 0 Å². The van der Waals surface area contributed by atoms with Crippen LogP contribution in [-0.4, -0.2) is 30.1 Å². The zero-order chi connectivity index (χ0) is 14.3. The summed E-state index contributed by atoms with van der Waals surface area (Å²) in [4.78, 5) is 0. The van der Waals surface area contributed by atoms with Crippen LogP contribution >= 0.6 is 0 Å². The summed E-state index contributed by atoms with van der Waals surface area (Å²) < 4.78 is 18.4. The topological polar surface area (TPSA) is 31.6 Å². The number of hydrogen-bond donors (Lipinski definition) is 0. The first-order valence-electron chi connectivity index (χ1n) is 6.68. The second-order valence-electron chi connectivity index (χ2n) is 5.09. The van der Waals surface area contributed by atoms with Crippen molar-refractivity contribution < 1.29 is 17.8 Å². The Balaban J connectivity index is 2.58. The van der Waals surface area contributed by atoms with Gasteiger partial charge in [0.15, 0.2) is 18.9 Å². The highest BCUT2D eigenvalue weighted by molar-refractivity contribution is 6.60. The van der Waals surface area contributed by atoms with Crippen molar-refractivity contribution in [2.45, 2.75) is 32.9 Å². The summed E-state index contributed by atoms with van der Waals surface area (Å²) in [6.07, 6.45) is 5.34. The standard InChI is InChI=1S/C14H26NO3Si/c1-13(2)12-14-6-8-15(9-7-14)10-11-19(16-3,17-4)18-5/h6-9,13H,10-12H2,1-5H3/q+1. The van der Waals surface area contributed by atoms with Crippen molar-refractivity contribution >= 4 is 8.80 Å². The molecule has 0 atom stereocenters. The molecule has 0 unspecified atom stereocenters. The molecule has 1 heterocycles. The molecule has 0 saturated heterocycles. The van der Waals surface area contributed by atoms with E-state index in [4.69, 9.17) is 13.3 Å². The molecule has 0 aliphatic heterocycles. The van der Waals surface area contributed by atoms with E-state index < -0.39 is 8.80 Å². The predicted molar refractivity (Wildman–Crippen MR) is 76.8 cm³/mol. The van der Waals surface area contributed by atoms with E-state index in [0.29, 0.717) is 5.92 Å². The maximum absolute atomic E-state index is 5.42. The van der Waals surface area contributed by atoms with Gasteiger partial charge in [-0.15, -0.1) is 0 Å². The molecule has 19 heavy (non-hydrogen) atoms. The van der Waals surface area contributed by atoms with Crippen LogP contribution < -0.4 is 4.57 Å². The molecule has 0 aliphatic rings. The summed E-state index contributed by atoms with van der Waals surface area (Å²) in [5.74, 6) is 0.686. The molecular weight excluding hydrogens is 258 g/mol.